The van der Waals surface area contributed by atoms with Gasteiger partial charge in [-0.2, -0.15) is 0 Å². The molecule has 0 saturated carbocycles. The molecule has 2 amide bonds. The normalized spacial score (nSPS) is 19.2. The van der Waals surface area contributed by atoms with Crippen molar-refractivity contribution in [3.05, 3.63) is 24.2 Å². The average molecular weight is 322 g/mol. The van der Waals surface area contributed by atoms with Crippen LogP contribution in [0.2, 0.25) is 0 Å². The van der Waals surface area contributed by atoms with E-state index in [4.69, 9.17) is 9.52 Å². The summed E-state index contributed by atoms with van der Waals surface area (Å²) in [5.41, 5.74) is 0.478. The van der Waals surface area contributed by atoms with Gasteiger partial charge in [0.25, 0.3) is 5.91 Å². The molecule has 2 unspecified atom stereocenters. The van der Waals surface area contributed by atoms with E-state index in [0.717, 1.165) is 6.42 Å². The van der Waals surface area contributed by atoms with Gasteiger partial charge < -0.3 is 19.3 Å². The monoisotopic (exact) mass is 322 g/mol. The van der Waals surface area contributed by atoms with E-state index < -0.39 is 11.9 Å². The van der Waals surface area contributed by atoms with Crippen LogP contribution in [0.1, 0.15) is 30.1 Å². The predicted octanol–water partition coefficient (Wildman–Crippen LogP) is 1.31. The van der Waals surface area contributed by atoms with Gasteiger partial charge in [0.15, 0.2) is 0 Å². The Labute approximate surface area is 134 Å². The summed E-state index contributed by atoms with van der Waals surface area (Å²) in [4.78, 5) is 38.8. The van der Waals surface area contributed by atoms with Crippen molar-refractivity contribution in [2.24, 2.45) is 11.8 Å². The van der Waals surface area contributed by atoms with Gasteiger partial charge in [-0.15, -0.1) is 0 Å². The molecule has 7 heteroatoms. The van der Waals surface area contributed by atoms with Gasteiger partial charge in [0.05, 0.1) is 23.7 Å². The number of nitrogens with zero attached hydrogens (tertiary/aromatic N) is 2. The number of amides is 2. The number of carboxylic acids is 1. The fraction of sp³-hybridized carbons (Fsp3) is 0.562. The first-order valence-corrected chi connectivity index (χ1v) is 7.69. The number of furan rings is 1. The molecule has 0 radical (unpaired) electrons. The predicted molar refractivity (Wildman–Crippen MR) is 81.8 cm³/mol. The van der Waals surface area contributed by atoms with Crippen molar-refractivity contribution in [1.29, 1.82) is 0 Å². The summed E-state index contributed by atoms with van der Waals surface area (Å²) in [6.07, 6.45) is 4.30. The van der Waals surface area contributed by atoms with Crippen LogP contribution in [0.15, 0.2) is 23.0 Å². The molecule has 0 spiro atoms. The molecule has 126 valence electrons. The highest BCUT2D eigenvalue weighted by molar-refractivity contribution is 5.94. The fourth-order valence-corrected chi connectivity index (χ4v) is 2.82. The van der Waals surface area contributed by atoms with E-state index in [-0.39, 0.29) is 24.3 Å². The lowest BCUT2D eigenvalue weighted by Crippen LogP contribution is -2.46. The molecule has 1 saturated heterocycles. The van der Waals surface area contributed by atoms with E-state index >= 15 is 0 Å². The van der Waals surface area contributed by atoms with Crippen molar-refractivity contribution in [2.75, 3.05) is 26.7 Å². The lowest BCUT2D eigenvalue weighted by molar-refractivity contribution is -0.143. The van der Waals surface area contributed by atoms with Gasteiger partial charge in [-0.25, -0.2) is 0 Å². The number of aliphatic carboxylic acids is 1. The molecule has 0 aromatic carbocycles. The SMILES string of the molecule is CC(CN(C)C(=O)C1CCCN(C(=O)c2ccoc2)C1)C(=O)O. The summed E-state index contributed by atoms with van der Waals surface area (Å²) < 4.78 is 4.93. The maximum atomic E-state index is 12.5. The van der Waals surface area contributed by atoms with Crippen molar-refractivity contribution in [3.63, 3.8) is 0 Å². The third-order valence-corrected chi connectivity index (χ3v) is 4.17. The van der Waals surface area contributed by atoms with Gasteiger partial charge in [-0.1, -0.05) is 6.92 Å². The molecule has 0 aliphatic carbocycles. The van der Waals surface area contributed by atoms with Crippen LogP contribution >= 0.6 is 0 Å². The molecule has 1 aromatic rings. The Hall–Kier alpha value is -2.31. The van der Waals surface area contributed by atoms with Crippen LogP contribution in [0.5, 0.6) is 0 Å². The fourth-order valence-electron chi connectivity index (χ4n) is 2.82. The quantitative estimate of drug-likeness (QED) is 0.882. The third-order valence-electron chi connectivity index (χ3n) is 4.17. The molecule has 7 nitrogen and oxygen atoms in total. The largest absolute Gasteiger partial charge is 0.481 e. The van der Waals surface area contributed by atoms with E-state index in [0.29, 0.717) is 25.1 Å². The summed E-state index contributed by atoms with van der Waals surface area (Å²) in [6.45, 7) is 2.71. The molecule has 23 heavy (non-hydrogen) atoms. The molecule has 1 aromatic heterocycles. The van der Waals surface area contributed by atoms with Gasteiger partial charge in [0.2, 0.25) is 5.91 Å². The second kappa shape index (κ2) is 7.30. The second-order valence-corrected chi connectivity index (χ2v) is 6.06. The minimum Gasteiger partial charge on any atom is -0.481 e. The first-order valence-electron chi connectivity index (χ1n) is 7.69. The molecular weight excluding hydrogens is 300 g/mol. The summed E-state index contributed by atoms with van der Waals surface area (Å²) in [6, 6.07) is 1.61. The Bertz CT molecular complexity index is 569. The highest BCUT2D eigenvalue weighted by Crippen LogP contribution is 2.21. The number of piperidine rings is 1. The lowest BCUT2D eigenvalue weighted by Gasteiger charge is -2.34. The molecule has 2 atom stereocenters. The smallest absolute Gasteiger partial charge is 0.308 e. The summed E-state index contributed by atoms with van der Waals surface area (Å²) >= 11 is 0. The van der Waals surface area contributed by atoms with Gasteiger partial charge >= 0.3 is 5.97 Å². The van der Waals surface area contributed by atoms with E-state index in [1.807, 2.05) is 0 Å². The van der Waals surface area contributed by atoms with Crippen LogP contribution in [0.25, 0.3) is 0 Å². The van der Waals surface area contributed by atoms with E-state index in [1.165, 1.54) is 17.4 Å². The van der Waals surface area contributed by atoms with Crippen molar-refractivity contribution in [2.45, 2.75) is 19.8 Å². The molecule has 1 aliphatic rings. The van der Waals surface area contributed by atoms with E-state index in [2.05, 4.69) is 0 Å². The second-order valence-electron chi connectivity index (χ2n) is 6.06. The maximum absolute atomic E-state index is 12.5. The Morgan fingerprint density at radius 2 is 2.22 bits per heavy atom. The zero-order valence-electron chi connectivity index (χ0n) is 13.4. The number of carbonyl (C=O) groups is 3. The minimum atomic E-state index is -0.926. The first-order chi connectivity index (χ1) is 10.9. The maximum Gasteiger partial charge on any atom is 0.308 e. The van der Waals surface area contributed by atoms with Gasteiger partial charge in [0.1, 0.15) is 6.26 Å². The molecule has 1 fully saturated rings. The van der Waals surface area contributed by atoms with Gasteiger partial charge in [-0.3, -0.25) is 14.4 Å². The van der Waals surface area contributed by atoms with Crippen molar-refractivity contribution >= 4 is 17.8 Å². The number of likely N-dealkylation sites (tertiary alicyclic amines) is 1. The molecule has 2 rings (SSSR count). The van der Waals surface area contributed by atoms with Crippen LogP contribution in [0, 0.1) is 11.8 Å². The van der Waals surface area contributed by atoms with Crippen LogP contribution < -0.4 is 0 Å². The van der Waals surface area contributed by atoms with Crippen molar-refractivity contribution in [3.8, 4) is 0 Å². The number of hydrogen-bond acceptors (Lipinski definition) is 4. The van der Waals surface area contributed by atoms with Crippen LogP contribution in [0.3, 0.4) is 0 Å². The summed E-state index contributed by atoms with van der Waals surface area (Å²) in [5, 5.41) is 8.94. The molecular formula is C16H22N2O5. The molecule has 2 heterocycles. The third kappa shape index (κ3) is 4.12. The number of carbonyl (C=O) groups excluding carboxylic acids is 2. The number of carboxylic acid groups (broad SMARTS) is 1. The van der Waals surface area contributed by atoms with Gasteiger partial charge in [-0.05, 0) is 18.9 Å². The Morgan fingerprint density at radius 3 is 2.83 bits per heavy atom. The van der Waals surface area contributed by atoms with Crippen LogP contribution in [0.4, 0.5) is 0 Å². The van der Waals surface area contributed by atoms with Crippen molar-refractivity contribution < 1.29 is 23.9 Å². The average Bonchev–Trinajstić information content (AvgIpc) is 3.07. The molecule has 1 N–H and O–H groups in total. The minimum absolute atomic E-state index is 0.109. The number of hydrogen-bond donors (Lipinski definition) is 1. The van der Waals surface area contributed by atoms with E-state index in [1.54, 1.807) is 24.9 Å². The Balaban J connectivity index is 1.96. The standard InChI is InChI=1S/C16H22N2O5/c1-11(16(21)22)8-17(2)14(19)12-4-3-6-18(9-12)15(20)13-5-7-23-10-13/h5,7,10-12H,3-4,6,8-9H2,1-2H3,(H,21,22). The van der Waals surface area contributed by atoms with Crippen molar-refractivity contribution in [1.82, 2.24) is 9.80 Å². The topological polar surface area (TPSA) is 91.1 Å². The highest BCUT2D eigenvalue weighted by atomic mass is 16.4. The van der Waals surface area contributed by atoms with Crippen LogP contribution in [-0.2, 0) is 9.59 Å². The molecule has 1 aliphatic heterocycles. The first kappa shape index (κ1) is 17.1. The highest BCUT2D eigenvalue weighted by Gasteiger charge is 2.31. The summed E-state index contributed by atoms with van der Waals surface area (Å²) in [7, 11) is 1.61. The summed E-state index contributed by atoms with van der Waals surface area (Å²) in [5.74, 6) is -2.08. The Kier molecular flexibility index (Phi) is 5.41. The Morgan fingerprint density at radius 1 is 1.48 bits per heavy atom. The number of rotatable bonds is 5. The van der Waals surface area contributed by atoms with Crippen LogP contribution in [-0.4, -0.2) is 59.4 Å². The van der Waals surface area contributed by atoms with E-state index in [9.17, 15) is 14.4 Å². The van der Waals surface area contributed by atoms with Gasteiger partial charge in [0, 0.05) is 26.7 Å². The zero-order chi connectivity index (χ0) is 17.0. The molecule has 0 bridgehead atoms. The zero-order valence-corrected chi connectivity index (χ0v) is 13.4. The lowest BCUT2D eigenvalue weighted by atomic mass is 9.95.